The molecule has 0 aliphatic carbocycles. The van der Waals surface area contributed by atoms with E-state index in [-0.39, 0.29) is 10.8 Å². The molecule has 1 N–H and O–H groups in total. The van der Waals surface area contributed by atoms with Gasteiger partial charge in [0.05, 0.1) is 10.6 Å². The highest BCUT2D eigenvalue weighted by Gasteiger charge is 2.27. The molecule has 1 aliphatic heterocycles. The first-order chi connectivity index (χ1) is 15.9. The molecule has 2 aromatic heterocycles. The van der Waals surface area contributed by atoms with Crippen LogP contribution < -0.4 is 5.32 Å². The second-order valence-corrected chi connectivity index (χ2v) is 11.0. The molecule has 170 valence electrons. The number of carbonyl (C=O) groups excluding carboxylic acids is 1. The Morgan fingerprint density at radius 1 is 1.06 bits per heavy atom. The number of nitrogens with one attached hydrogen (secondary N) is 1. The maximum Gasteiger partial charge on any atom is 0.255 e. The van der Waals surface area contributed by atoms with Crippen LogP contribution in [0.4, 0.5) is 5.69 Å². The Bertz CT molecular complexity index is 1390. The van der Waals surface area contributed by atoms with Crippen LogP contribution in [-0.2, 0) is 10.0 Å². The number of aromatic nitrogens is 2. The standard InChI is InChI=1S/C24H24N4O3S2/c1-17-5-10-20(33(30,31)28-11-3-2-4-12-28)15-21(17)23(29)25-19-8-6-18(7-9-19)22-16-27-13-14-32-24(27)26-22/h5-10,13-16H,2-4,11-12H2,1H3,(H,25,29). The summed E-state index contributed by atoms with van der Waals surface area (Å²) >= 11 is 1.57. The molecular weight excluding hydrogens is 456 g/mol. The minimum absolute atomic E-state index is 0.162. The number of aryl methyl sites for hydroxylation is 1. The first-order valence-corrected chi connectivity index (χ1v) is 13.2. The van der Waals surface area contributed by atoms with E-state index < -0.39 is 10.0 Å². The molecule has 9 heteroatoms. The van der Waals surface area contributed by atoms with Crippen LogP contribution in [0.25, 0.3) is 16.2 Å². The van der Waals surface area contributed by atoms with Gasteiger partial charge in [0.1, 0.15) is 0 Å². The van der Waals surface area contributed by atoms with Crippen molar-refractivity contribution in [3.8, 4) is 11.3 Å². The smallest absolute Gasteiger partial charge is 0.255 e. The van der Waals surface area contributed by atoms with Crippen molar-refractivity contribution in [2.45, 2.75) is 31.1 Å². The third kappa shape index (κ3) is 4.31. The number of amides is 1. The number of sulfonamides is 1. The summed E-state index contributed by atoms with van der Waals surface area (Å²) < 4.78 is 29.6. The first-order valence-electron chi connectivity index (χ1n) is 10.9. The number of thiazole rings is 1. The van der Waals surface area contributed by atoms with Gasteiger partial charge in [0.15, 0.2) is 4.96 Å². The SMILES string of the molecule is Cc1ccc(S(=O)(=O)N2CCCCC2)cc1C(=O)Nc1ccc(-c2cn3ccsc3n2)cc1. The molecule has 33 heavy (non-hydrogen) atoms. The summed E-state index contributed by atoms with van der Waals surface area (Å²) in [6, 6.07) is 12.2. The fraction of sp³-hybridized carbons (Fsp3) is 0.250. The average molecular weight is 481 g/mol. The van der Waals surface area contributed by atoms with Crippen LogP contribution in [0.1, 0.15) is 35.2 Å². The monoisotopic (exact) mass is 480 g/mol. The second-order valence-electron chi connectivity index (χ2n) is 8.19. The molecule has 1 fully saturated rings. The molecule has 7 nitrogen and oxygen atoms in total. The first kappa shape index (κ1) is 21.8. The van der Waals surface area contributed by atoms with Gasteiger partial charge in [0, 0.05) is 47.7 Å². The molecule has 0 spiro atoms. The maximum absolute atomic E-state index is 13.0. The number of piperidine rings is 1. The Kier molecular flexibility index (Phi) is 5.77. The summed E-state index contributed by atoms with van der Waals surface area (Å²) in [5, 5.41) is 4.87. The van der Waals surface area contributed by atoms with Crippen LogP contribution >= 0.6 is 11.3 Å². The molecule has 0 atom stereocenters. The van der Waals surface area contributed by atoms with Crippen molar-refractivity contribution in [3.05, 3.63) is 71.4 Å². The summed E-state index contributed by atoms with van der Waals surface area (Å²) in [5.74, 6) is -0.335. The Balaban J connectivity index is 1.35. The Labute approximate surface area is 196 Å². The largest absolute Gasteiger partial charge is 0.322 e. The molecule has 1 saturated heterocycles. The Morgan fingerprint density at radius 3 is 2.55 bits per heavy atom. The van der Waals surface area contributed by atoms with E-state index in [0.717, 1.165) is 41.0 Å². The highest BCUT2D eigenvalue weighted by molar-refractivity contribution is 7.89. The summed E-state index contributed by atoms with van der Waals surface area (Å²) in [6.07, 6.45) is 6.71. The predicted octanol–water partition coefficient (Wildman–Crippen LogP) is 4.80. The number of nitrogens with zero attached hydrogens (tertiary/aromatic N) is 3. The lowest BCUT2D eigenvalue weighted by molar-refractivity contribution is 0.102. The van der Waals surface area contributed by atoms with Crippen LogP contribution in [0, 0.1) is 6.92 Å². The zero-order chi connectivity index (χ0) is 23.0. The van der Waals surface area contributed by atoms with E-state index in [1.807, 2.05) is 46.4 Å². The molecule has 0 bridgehead atoms. The van der Waals surface area contributed by atoms with Gasteiger partial charge in [-0.05, 0) is 49.6 Å². The minimum Gasteiger partial charge on any atom is -0.322 e. The summed E-state index contributed by atoms with van der Waals surface area (Å²) in [4.78, 5) is 18.7. The van der Waals surface area contributed by atoms with Gasteiger partial charge >= 0.3 is 0 Å². The van der Waals surface area contributed by atoms with Crippen LogP contribution in [0.15, 0.2) is 65.1 Å². The number of rotatable bonds is 5. The van der Waals surface area contributed by atoms with Crippen LogP contribution in [-0.4, -0.2) is 41.1 Å². The Morgan fingerprint density at radius 2 is 1.82 bits per heavy atom. The fourth-order valence-corrected chi connectivity index (χ4v) is 6.29. The van der Waals surface area contributed by atoms with Crippen molar-refractivity contribution in [1.82, 2.24) is 13.7 Å². The van der Waals surface area contributed by atoms with Crippen molar-refractivity contribution in [1.29, 1.82) is 0 Å². The van der Waals surface area contributed by atoms with Crippen LogP contribution in [0.5, 0.6) is 0 Å². The van der Waals surface area contributed by atoms with Gasteiger partial charge in [-0.1, -0.05) is 24.6 Å². The number of hydrogen-bond donors (Lipinski definition) is 1. The lowest BCUT2D eigenvalue weighted by Gasteiger charge is -2.26. The average Bonchev–Trinajstić information content (AvgIpc) is 3.43. The van der Waals surface area contributed by atoms with E-state index in [1.54, 1.807) is 30.4 Å². The van der Waals surface area contributed by atoms with E-state index in [2.05, 4.69) is 10.3 Å². The molecule has 0 unspecified atom stereocenters. The van der Waals surface area contributed by atoms with E-state index in [9.17, 15) is 13.2 Å². The van der Waals surface area contributed by atoms with Gasteiger partial charge in [0.2, 0.25) is 10.0 Å². The van der Waals surface area contributed by atoms with Gasteiger partial charge < -0.3 is 5.32 Å². The number of hydrogen-bond acceptors (Lipinski definition) is 5. The summed E-state index contributed by atoms with van der Waals surface area (Å²) in [7, 11) is -3.61. The van der Waals surface area contributed by atoms with Crippen LogP contribution in [0.3, 0.4) is 0 Å². The lowest BCUT2D eigenvalue weighted by atomic mass is 10.1. The third-order valence-electron chi connectivity index (χ3n) is 5.94. The quantitative estimate of drug-likeness (QED) is 0.445. The molecule has 1 amide bonds. The molecule has 4 aromatic rings. The number of anilines is 1. The maximum atomic E-state index is 13.0. The van der Waals surface area contributed by atoms with Crippen molar-refractivity contribution in [2.75, 3.05) is 18.4 Å². The topological polar surface area (TPSA) is 83.8 Å². The number of fused-ring (bicyclic) bond motifs is 1. The molecule has 0 radical (unpaired) electrons. The molecule has 2 aromatic carbocycles. The molecule has 1 aliphatic rings. The Hall–Kier alpha value is -3.01. The van der Waals surface area contributed by atoms with E-state index in [4.69, 9.17) is 0 Å². The van der Waals surface area contributed by atoms with E-state index in [1.165, 1.54) is 10.4 Å². The van der Waals surface area contributed by atoms with Crippen molar-refractivity contribution < 1.29 is 13.2 Å². The zero-order valence-electron chi connectivity index (χ0n) is 18.2. The zero-order valence-corrected chi connectivity index (χ0v) is 19.8. The van der Waals surface area contributed by atoms with E-state index in [0.29, 0.717) is 24.3 Å². The normalized spacial score (nSPS) is 15.1. The van der Waals surface area contributed by atoms with Gasteiger partial charge in [-0.25, -0.2) is 13.4 Å². The van der Waals surface area contributed by atoms with Crippen molar-refractivity contribution in [3.63, 3.8) is 0 Å². The number of carbonyl (C=O) groups is 1. The highest BCUT2D eigenvalue weighted by atomic mass is 32.2. The predicted molar refractivity (Wildman–Crippen MR) is 130 cm³/mol. The van der Waals surface area contributed by atoms with Gasteiger partial charge in [0.25, 0.3) is 5.91 Å². The van der Waals surface area contributed by atoms with E-state index >= 15 is 0 Å². The van der Waals surface area contributed by atoms with Gasteiger partial charge in [-0.2, -0.15) is 4.31 Å². The van der Waals surface area contributed by atoms with Crippen molar-refractivity contribution >= 4 is 37.9 Å². The second kappa shape index (κ2) is 8.74. The summed E-state index contributed by atoms with van der Waals surface area (Å²) in [6.45, 7) is 2.86. The molecule has 3 heterocycles. The summed E-state index contributed by atoms with van der Waals surface area (Å²) in [5.41, 5.74) is 3.53. The third-order valence-corrected chi connectivity index (χ3v) is 8.60. The fourth-order valence-electron chi connectivity index (χ4n) is 4.05. The number of imidazole rings is 1. The van der Waals surface area contributed by atoms with Crippen molar-refractivity contribution in [2.24, 2.45) is 0 Å². The molecule has 5 rings (SSSR count). The van der Waals surface area contributed by atoms with Gasteiger partial charge in [-0.3, -0.25) is 9.20 Å². The molecule has 0 saturated carbocycles. The number of benzene rings is 2. The molecular formula is C24H24N4O3S2. The highest BCUT2D eigenvalue weighted by Crippen LogP contribution is 2.25. The van der Waals surface area contributed by atoms with Gasteiger partial charge in [-0.15, -0.1) is 11.3 Å². The lowest BCUT2D eigenvalue weighted by Crippen LogP contribution is -2.35. The van der Waals surface area contributed by atoms with Crippen LogP contribution in [0.2, 0.25) is 0 Å². The minimum atomic E-state index is -3.61.